The molecule has 0 fully saturated rings. The Hall–Kier alpha value is -1.96. The quantitative estimate of drug-likeness (QED) is 0.352. The van der Waals surface area contributed by atoms with Crippen LogP contribution in [0.1, 0.15) is 10.4 Å². The van der Waals surface area contributed by atoms with Crippen LogP contribution in [0.4, 0.5) is 26.3 Å². The lowest BCUT2D eigenvalue weighted by atomic mass is 9.94. The molecule has 0 spiro atoms. The number of carbonyl (C=O) groups is 1. The average molecular weight is 391 g/mol. The van der Waals surface area contributed by atoms with Crippen molar-refractivity contribution in [2.24, 2.45) is 0 Å². The minimum absolute atomic E-state index is 0.328. The Labute approximate surface area is 137 Å². The van der Waals surface area contributed by atoms with Crippen molar-refractivity contribution < 1.29 is 54.0 Å². The lowest BCUT2D eigenvalue weighted by Crippen LogP contribution is -2.63. The second-order valence-electron chi connectivity index (χ2n) is 4.69. The maximum absolute atomic E-state index is 13.0. The fourth-order valence-corrected chi connectivity index (χ4v) is 2.53. The third kappa shape index (κ3) is 4.57. The predicted octanol–water partition coefficient (Wildman–Crippen LogP) is 0.751. The van der Waals surface area contributed by atoms with E-state index in [0.717, 1.165) is 6.07 Å². The first kappa shape index (κ1) is 21.1. The Morgan fingerprint density at radius 2 is 1.64 bits per heavy atom. The molecule has 1 aromatic rings. The van der Waals surface area contributed by atoms with Gasteiger partial charge in [0.2, 0.25) is 0 Å². The number of esters is 1. The lowest BCUT2D eigenvalue weighted by Gasteiger charge is -2.36. The zero-order valence-corrected chi connectivity index (χ0v) is 12.5. The van der Waals surface area contributed by atoms with Crippen LogP contribution in [0, 0.1) is 0 Å². The van der Waals surface area contributed by atoms with Gasteiger partial charge in [0.05, 0.1) is 15.9 Å². The molecule has 1 N–H and O–H groups in total. The van der Waals surface area contributed by atoms with Gasteiger partial charge < -0.3 is 14.4 Å². The van der Waals surface area contributed by atoms with Crippen LogP contribution >= 0.6 is 0 Å². The molecule has 0 aliphatic heterocycles. The summed E-state index contributed by atoms with van der Waals surface area (Å²) >= 11 is 0. The van der Waals surface area contributed by atoms with Gasteiger partial charge in [-0.25, -0.2) is 13.2 Å². The van der Waals surface area contributed by atoms with Crippen LogP contribution in [-0.2, 0) is 14.9 Å². The van der Waals surface area contributed by atoms with Crippen molar-refractivity contribution in [2.45, 2.75) is 18.0 Å². The topological polar surface area (TPSA) is 104 Å². The van der Waals surface area contributed by atoms with Crippen molar-refractivity contribution in [1.29, 1.82) is 0 Å². The molecule has 0 aromatic heterocycles. The van der Waals surface area contributed by atoms with Gasteiger partial charge in [0.1, 0.15) is 19.2 Å². The van der Waals surface area contributed by atoms with Crippen LogP contribution in [0.3, 0.4) is 0 Å². The fourth-order valence-electron chi connectivity index (χ4n) is 1.65. The van der Waals surface area contributed by atoms with Crippen molar-refractivity contribution >= 4 is 29.4 Å². The van der Waals surface area contributed by atoms with Gasteiger partial charge in [0.15, 0.2) is 0 Å². The van der Waals surface area contributed by atoms with Gasteiger partial charge in [0, 0.05) is 0 Å². The number of hydrogen-bond donors (Lipinski definition) is 1. The highest BCUT2D eigenvalue weighted by Gasteiger charge is 2.75. The highest BCUT2D eigenvalue weighted by Crippen LogP contribution is 2.47. The number of benzene rings is 1. The maximum atomic E-state index is 13.0. The van der Waals surface area contributed by atoms with E-state index in [4.69, 9.17) is 7.85 Å². The third-order valence-electron chi connectivity index (χ3n) is 2.80. The largest absolute Gasteiger partial charge is 0.748 e. The van der Waals surface area contributed by atoms with Gasteiger partial charge in [-0.3, -0.25) is 0 Å². The van der Waals surface area contributed by atoms with Crippen LogP contribution in [0.5, 0.6) is 5.75 Å². The summed E-state index contributed by atoms with van der Waals surface area (Å²) < 4.78 is 113. The van der Waals surface area contributed by atoms with Gasteiger partial charge >= 0.3 is 23.9 Å². The number of rotatable bonds is 4. The van der Waals surface area contributed by atoms with E-state index >= 15 is 0 Å². The minimum Gasteiger partial charge on any atom is -0.748 e. The summed E-state index contributed by atoms with van der Waals surface area (Å²) in [6.07, 6.45) is -13.0. The molecule has 0 aliphatic carbocycles. The number of halogens is 6. The third-order valence-corrected chi connectivity index (χ3v) is 3.56. The molecule has 0 aliphatic rings. The summed E-state index contributed by atoms with van der Waals surface area (Å²) in [5, 5.41) is 9.34. The smallest absolute Gasteiger partial charge is 0.438 e. The van der Waals surface area contributed by atoms with Gasteiger partial charge in [-0.2, -0.15) is 26.3 Å². The van der Waals surface area contributed by atoms with Crippen molar-refractivity contribution in [3.63, 3.8) is 0 Å². The second-order valence-corrected chi connectivity index (χ2v) is 6.09. The minimum atomic E-state index is -6.51. The van der Waals surface area contributed by atoms with Crippen LogP contribution in [0.25, 0.3) is 0 Å². The molecule has 0 saturated carbocycles. The molecule has 138 valence electrons. The molecule has 1 aromatic carbocycles. The number of hydrogen-bond acceptors (Lipinski definition) is 6. The zero-order valence-electron chi connectivity index (χ0n) is 11.7. The maximum Gasteiger partial charge on any atom is 0.438 e. The van der Waals surface area contributed by atoms with Crippen LogP contribution in [-0.4, -0.2) is 55.6 Å². The van der Waals surface area contributed by atoms with Crippen molar-refractivity contribution in [1.82, 2.24) is 0 Å². The Balaban J connectivity index is 3.53. The number of alkyl halides is 6. The Morgan fingerprint density at radius 1 is 1.16 bits per heavy atom. The number of phenols is 1. The molecule has 0 unspecified atom stereocenters. The van der Waals surface area contributed by atoms with Crippen molar-refractivity contribution in [2.75, 3.05) is 5.75 Å². The number of carbonyl (C=O) groups excluding carboxylic acids is 1. The van der Waals surface area contributed by atoms with E-state index in [1.807, 2.05) is 0 Å². The van der Waals surface area contributed by atoms with E-state index < -0.39 is 51.1 Å². The Morgan fingerprint density at radius 3 is 2.04 bits per heavy atom. The van der Waals surface area contributed by atoms with Gasteiger partial charge in [-0.15, -0.1) is 0 Å². The molecule has 0 heterocycles. The Kier molecular flexibility index (Phi) is 5.40. The second kappa shape index (κ2) is 6.40. The molecule has 14 heteroatoms. The average Bonchev–Trinajstić information content (AvgIpc) is 2.36. The van der Waals surface area contributed by atoms with Gasteiger partial charge in [-0.05, 0) is 6.07 Å². The first-order valence-electron chi connectivity index (χ1n) is 5.89. The Bertz CT molecular complexity index is 758. The van der Waals surface area contributed by atoms with E-state index in [0.29, 0.717) is 12.1 Å². The molecule has 2 radical (unpaired) electrons. The summed E-state index contributed by atoms with van der Waals surface area (Å²) in [7, 11) is -0.955. The highest BCUT2D eigenvalue weighted by atomic mass is 32.2. The van der Waals surface area contributed by atoms with E-state index in [9.17, 15) is 49.2 Å². The predicted molar refractivity (Wildman–Crippen MR) is 68.3 cm³/mol. The summed E-state index contributed by atoms with van der Waals surface area (Å²) in [6.45, 7) is 0. The zero-order chi connectivity index (χ0) is 19.8. The molecule has 0 saturated heterocycles. The van der Waals surface area contributed by atoms with Crippen LogP contribution in [0.2, 0.25) is 0 Å². The number of ether oxygens (including phenoxy) is 1. The van der Waals surface area contributed by atoms with Crippen molar-refractivity contribution in [3.05, 3.63) is 23.8 Å². The standard InChI is InChI=1S/C11H7BF6O6S/c12-5-1-2-7(19)6(3-5)8(20)24-9(10(13,14)15,11(16,17)18)4-25(21,22)23/h1-3,19H,4H2,(H,21,22,23)/p-1. The molecular formula is C11H6BF6O6S-. The number of aromatic hydroxyl groups is 1. The summed E-state index contributed by atoms with van der Waals surface area (Å²) in [4.78, 5) is 11.7. The van der Waals surface area contributed by atoms with Crippen LogP contribution < -0.4 is 5.46 Å². The molecule has 0 amide bonds. The summed E-state index contributed by atoms with van der Waals surface area (Å²) in [5.74, 6) is -6.60. The van der Waals surface area contributed by atoms with E-state index in [-0.39, 0.29) is 5.46 Å². The molecule has 1 rings (SSSR count). The SMILES string of the molecule is [B]c1ccc(O)c(C(=O)OC(CS(=O)(=O)[O-])(C(F)(F)F)C(F)(F)F)c1. The van der Waals surface area contributed by atoms with E-state index in [2.05, 4.69) is 4.74 Å². The summed E-state index contributed by atoms with van der Waals surface area (Å²) in [5.41, 5.74) is -7.15. The lowest BCUT2D eigenvalue weighted by molar-refractivity contribution is -0.356. The van der Waals surface area contributed by atoms with E-state index in [1.165, 1.54) is 0 Å². The number of phenolic OH excluding ortho intramolecular Hbond substituents is 1. The van der Waals surface area contributed by atoms with Gasteiger partial charge in [-0.1, -0.05) is 17.6 Å². The van der Waals surface area contributed by atoms with Crippen LogP contribution in [0.15, 0.2) is 18.2 Å². The first-order chi connectivity index (χ1) is 11.0. The normalized spacial score (nSPS) is 13.6. The molecule has 0 bridgehead atoms. The molecule has 0 atom stereocenters. The molecule has 6 nitrogen and oxygen atoms in total. The summed E-state index contributed by atoms with van der Waals surface area (Å²) in [6, 6.07) is 2.15. The first-order valence-corrected chi connectivity index (χ1v) is 7.47. The van der Waals surface area contributed by atoms with Crippen molar-refractivity contribution in [3.8, 4) is 5.75 Å². The van der Waals surface area contributed by atoms with E-state index in [1.54, 1.807) is 0 Å². The monoisotopic (exact) mass is 391 g/mol. The molecule has 25 heavy (non-hydrogen) atoms. The molecular weight excluding hydrogens is 385 g/mol. The van der Waals surface area contributed by atoms with Gasteiger partial charge in [0.25, 0.3) is 0 Å². The highest BCUT2D eigenvalue weighted by molar-refractivity contribution is 7.85. The fraction of sp³-hybridized carbons (Fsp3) is 0.364.